The molecule has 0 aliphatic rings. The summed E-state index contributed by atoms with van der Waals surface area (Å²) in [7, 11) is 0. The van der Waals surface area contributed by atoms with E-state index in [4.69, 9.17) is 11.6 Å². The van der Waals surface area contributed by atoms with Crippen molar-refractivity contribution in [3.05, 3.63) is 47.2 Å². The minimum Gasteiger partial charge on any atom is -0.339 e. The summed E-state index contributed by atoms with van der Waals surface area (Å²) in [5, 5.41) is 16.0. The molecule has 0 amide bonds. The van der Waals surface area contributed by atoms with Crippen LogP contribution < -0.4 is 5.32 Å². The van der Waals surface area contributed by atoms with Crippen LogP contribution in [0, 0.1) is 0 Å². The largest absolute Gasteiger partial charge is 0.339 e. The first-order valence-corrected chi connectivity index (χ1v) is 6.31. The molecule has 0 saturated carbocycles. The van der Waals surface area contributed by atoms with Crippen LogP contribution in [0.4, 0.5) is 11.5 Å². The molecular weight excluding hydrogens is 278 g/mol. The van der Waals surface area contributed by atoms with Crippen LogP contribution in [-0.2, 0) is 11.2 Å². The van der Waals surface area contributed by atoms with E-state index in [9.17, 15) is 4.79 Å². The molecular formula is C13H10ClN5O. The number of hydrogen-bond donors (Lipinski definition) is 1. The zero-order valence-corrected chi connectivity index (χ0v) is 11.1. The van der Waals surface area contributed by atoms with Crippen molar-refractivity contribution in [2.45, 2.75) is 6.42 Å². The number of halogens is 1. The smallest absolute Gasteiger partial charge is 0.178 e. The zero-order chi connectivity index (χ0) is 13.9. The van der Waals surface area contributed by atoms with Gasteiger partial charge in [-0.15, -0.1) is 15.3 Å². The van der Waals surface area contributed by atoms with Crippen molar-refractivity contribution in [2.75, 3.05) is 5.32 Å². The van der Waals surface area contributed by atoms with E-state index in [1.165, 1.54) is 0 Å². The summed E-state index contributed by atoms with van der Waals surface area (Å²) >= 11 is 5.93. The van der Waals surface area contributed by atoms with Crippen LogP contribution in [0.2, 0.25) is 5.02 Å². The molecule has 7 heteroatoms. The molecule has 20 heavy (non-hydrogen) atoms. The Bertz CT molecular complexity index is 770. The molecule has 3 rings (SSSR count). The number of benzene rings is 1. The lowest BCUT2D eigenvalue weighted by Gasteiger charge is -2.06. The molecule has 6 nitrogen and oxygen atoms in total. The van der Waals surface area contributed by atoms with Crippen LogP contribution >= 0.6 is 11.6 Å². The van der Waals surface area contributed by atoms with Crippen LogP contribution in [0.5, 0.6) is 0 Å². The Balaban J connectivity index is 1.95. The fourth-order valence-electron chi connectivity index (χ4n) is 1.82. The quantitative estimate of drug-likeness (QED) is 0.745. The van der Waals surface area contributed by atoms with E-state index in [1.54, 1.807) is 28.8 Å². The summed E-state index contributed by atoms with van der Waals surface area (Å²) in [4.78, 5) is 10.6. The summed E-state index contributed by atoms with van der Waals surface area (Å²) in [5.41, 5.74) is 1.42. The van der Waals surface area contributed by atoms with Gasteiger partial charge in [0.15, 0.2) is 17.3 Å². The van der Waals surface area contributed by atoms with Crippen LogP contribution in [0.15, 0.2) is 36.4 Å². The van der Waals surface area contributed by atoms with Gasteiger partial charge in [0.05, 0.1) is 6.42 Å². The molecule has 1 aromatic carbocycles. The van der Waals surface area contributed by atoms with Gasteiger partial charge in [-0.2, -0.15) is 4.52 Å². The van der Waals surface area contributed by atoms with E-state index in [-0.39, 0.29) is 6.42 Å². The molecule has 2 aromatic heterocycles. The normalized spacial score (nSPS) is 10.7. The maximum absolute atomic E-state index is 10.6. The van der Waals surface area contributed by atoms with Gasteiger partial charge in [0.2, 0.25) is 0 Å². The van der Waals surface area contributed by atoms with E-state index in [1.807, 2.05) is 12.1 Å². The highest BCUT2D eigenvalue weighted by molar-refractivity contribution is 6.30. The number of rotatable bonds is 4. The van der Waals surface area contributed by atoms with Crippen molar-refractivity contribution in [3.8, 4) is 0 Å². The molecule has 1 N–H and O–H groups in total. The van der Waals surface area contributed by atoms with Gasteiger partial charge in [0, 0.05) is 10.7 Å². The predicted octanol–water partition coefficient (Wildman–Crippen LogP) is 2.26. The second-order valence-electron chi connectivity index (χ2n) is 4.11. The highest BCUT2D eigenvalue weighted by atomic mass is 35.5. The van der Waals surface area contributed by atoms with Crippen molar-refractivity contribution in [3.63, 3.8) is 0 Å². The Labute approximate surface area is 119 Å². The Kier molecular flexibility index (Phi) is 3.30. The first-order chi connectivity index (χ1) is 9.76. The molecule has 0 aliphatic carbocycles. The number of carbonyl (C=O) groups is 1. The molecule has 0 unspecified atom stereocenters. The molecule has 100 valence electrons. The van der Waals surface area contributed by atoms with E-state index in [0.29, 0.717) is 22.3 Å². The van der Waals surface area contributed by atoms with Gasteiger partial charge in [-0.3, -0.25) is 0 Å². The Morgan fingerprint density at radius 1 is 1.25 bits per heavy atom. The van der Waals surface area contributed by atoms with E-state index >= 15 is 0 Å². The van der Waals surface area contributed by atoms with Gasteiger partial charge in [0.25, 0.3) is 0 Å². The van der Waals surface area contributed by atoms with E-state index < -0.39 is 0 Å². The second-order valence-corrected chi connectivity index (χ2v) is 4.55. The van der Waals surface area contributed by atoms with Crippen molar-refractivity contribution in [1.29, 1.82) is 0 Å². The lowest BCUT2D eigenvalue weighted by molar-refractivity contribution is -0.107. The lowest BCUT2D eigenvalue weighted by atomic mass is 10.3. The van der Waals surface area contributed by atoms with Crippen molar-refractivity contribution < 1.29 is 4.79 Å². The molecule has 0 fully saturated rings. The minimum absolute atomic E-state index is 0.175. The first-order valence-electron chi connectivity index (χ1n) is 5.94. The third-order valence-corrected chi connectivity index (χ3v) is 2.93. The van der Waals surface area contributed by atoms with Crippen LogP contribution in [0.25, 0.3) is 5.65 Å². The SMILES string of the molecule is O=CCc1nnc2ccc(Nc3cccc(Cl)c3)nn12. The fraction of sp³-hybridized carbons (Fsp3) is 0.0769. The third-order valence-electron chi connectivity index (χ3n) is 2.69. The van der Waals surface area contributed by atoms with Gasteiger partial charge in [0.1, 0.15) is 6.29 Å². The molecule has 0 aliphatic heterocycles. The Hall–Kier alpha value is -2.47. The predicted molar refractivity (Wildman–Crippen MR) is 75.3 cm³/mol. The van der Waals surface area contributed by atoms with E-state index in [2.05, 4.69) is 20.6 Å². The number of carbonyl (C=O) groups excluding carboxylic acids is 1. The number of nitrogens with zero attached hydrogens (tertiary/aromatic N) is 4. The van der Waals surface area contributed by atoms with Crippen molar-refractivity contribution >= 4 is 35.0 Å². The summed E-state index contributed by atoms with van der Waals surface area (Å²) < 4.78 is 1.54. The average molecular weight is 288 g/mol. The maximum Gasteiger partial charge on any atom is 0.178 e. The number of aldehydes is 1. The molecule has 3 aromatic rings. The van der Waals surface area contributed by atoms with Crippen LogP contribution in [0.3, 0.4) is 0 Å². The number of hydrogen-bond acceptors (Lipinski definition) is 5. The molecule has 0 saturated heterocycles. The number of anilines is 2. The maximum atomic E-state index is 10.6. The molecule has 0 spiro atoms. The van der Waals surface area contributed by atoms with Gasteiger partial charge >= 0.3 is 0 Å². The standard InChI is InChI=1S/C13H10ClN5O/c14-9-2-1-3-10(8-9)15-11-4-5-12-16-17-13(6-7-20)19(12)18-11/h1-5,7-8H,6H2,(H,15,18). The molecule has 0 radical (unpaired) electrons. The zero-order valence-electron chi connectivity index (χ0n) is 10.3. The van der Waals surface area contributed by atoms with E-state index in [0.717, 1.165) is 12.0 Å². The first kappa shape index (κ1) is 12.6. The van der Waals surface area contributed by atoms with Gasteiger partial charge in [-0.05, 0) is 30.3 Å². The second kappa shape index (κ2) is 5.26. The molecule has 0 bridgehead atoms. The minimum atomic E-state index is 0.175. The van der Waals surface area contributed by atoms with Crippen LogP contribution in [-0.4, -0.2) is 26.1 Å². The monoisotopic (exact) mass is 287 g/mol. The number of nitrogens with one attached hydrogen (secondary N) is 1. The Morgan fingerprint density at radius 3 is 2.95 bits per heavy atom. The van der Waals surface area contributed by atoms with Crippen molar-refractivity contribution in [2.24, 2.45) is 0 Å². The summed E-state index contributed by atoms with van der Waals surface area (Å²) in [6.45, 7) is 0. The van der Waals surface area contributed by atoms with Gasteiger partial charge in [-0.1, -0.05) is 17.7 Å². The summed E-state index contributed by atoms with van der Waals surface area (Å²) in [5.74, 6) is 1.12. The molecule has 0 atom stereocenters. The average Bonchev–Trinajstić information content (AvgIpc) is 2.82. The highest BCUT2D eigenvalue weighted by Crippen LogP contribution is 2.19. The lowest BCUT2D eigenvalue weighted by Crippen LogP contribution is -2.03. The van der Waals surface area contributed by atoms with Gasteiger partial charge < -0.3 is 10.1 Å². The Morgan fingerprint density at radius 2 is 2.15 bits per heavy atom. The third kappa shape index (κ3) is 2.46. The topological polar surface area (TPSA) is 72.2 Å². The molecule has 2 heterocycles. The van der Waals surface area contributed by atoms with Gasteiger partial charge in [-0.25, -0.2) is 0 Å². The van der Waals surface area contributed by atoms with Crippen molar-refractivity contribution in [1.82, 2.24) is 19.8 Å². The number of aromatic nitrogens is 4. The summed E-state index contributed by atoms with van der Waals surface area (Å²) in [6.07, 6.45) is 0.948. The summed E-state index contributed by atoms with van der Waals surface area (Å²) in [6, 6.07) is 10.9. The van der Waals surface area contributed by atoms with Crippen LogP contribution in [0.1, 0.15) is 5.82 Å². The number of fused-ring (bicyclic) bond motifs is 1. The highest BCUT2D eigenvalue weighted by Gasteiger charge is 2.07. The fourth-order valence-corrected chi connectivity index (χ4v) is 2.01.